The molecule has 1 fully saturated rings. The standard InChI is InChI=1S/C12H13Cl2FN2O/c13-9-5-7(15)6-10(14)12(9)16-4-3-11(18)17-8-1-2-8/h5-6,8,16H,1-4H2,(H,17,18). The summed E-state index contributed by atoms with van der Waals surface area (Å²) in [5, 5.41) is 6.24. The fourth-order valence-corrected chi connectivity index (χ4v) is 2.13. The van der Waals surface area contributed by atoms with Crippen LogP contribution in [0.2, 0.25) is 10.0 Å². The third-order valence-electron chi connectivity index (χ3n) is 2.60. The maximum absolute atomic E-state index is 12.9. The second-order valence-corrected chi connectivity index (χ2v) is 5.08. The van der Waals surface area contributed by atoms with Gasteiger partial charge < -0.3 is 10.6 Å². The van der Waals surface area contributed by atoms with E-state index in [1.807, 2.05) is 0 Å². The highest BCUT2D eigenvalue weighted by Crippen LogP contribution is 2.31. The summed E-state index contributed by atoms with van der Waals surface area (Å²) in [6.45, 7) is 0.406. The number of anilines is 1. The van der Waals surface area contributed by atoms with Gasteiger partial charge in [0, 0.05) is 19.0 Å². The van der Waals surface area contributed by atoms with Gasteiger partial charge in [0.15, 0.2) is 0 Å². The molecular formula is C12H13Cl2FN2O. The Hall–Kier alpha value is -1.00. The Morgan fingerprint density at radius 3 is 2.50 bits per heavy atom. The zero-order chi connectivity index (χ0) is 13.1. The fourth-order valence-electron chi connectivity index (χ4n) is 1.54. The summed E-state index contributed by atoms with van der Waals surface area (Å²) in [7, 11) is 0. The molecule has 98 valence electrons. The van der Waals surface area contributed by atoms with Crippen molar-refractivity contribution in [3.63, 3.8) is 0 Å². The second kappa shape index (κ2) is 5.76. The smallest absolute Gasteiger partial charge is 0.221 e. The van der Waals surface area contributed by atoms with E-state index in [4.69, 9.17) is 23.2 Å². The van der Waals surface area contributed by atoms with Gasteiger partial charge in [-0.1, -0.05) is 23.2 Å². The van der Waals surface area contributed by atoms with Crippen LogP contribution < -0.4 is 10.6 Å². The number of nitrogens with one attached hydrogen (secondary N) is 2. The normalized spacial score (nSPS) is 14.4. The summed E-state index contributed by atoms with van der Waals surface area (Å²) in [5.41, 5.74) is 0.457. The van der Waals surface area contributed by atoms with E-state index in [1.54, 1.807) is 0 Å². The number of rotatable bonds is 5. The Morgan fingerprint density at radius 2 is 1.94 bits per heavy atom. The maximum atomic E-state index is 12.9. The molecule has 3 nitrogen and oxygen atoms in total. The first-order valence-electron chi connectivity index (χ1n) is 5.74. The van der Waals surface area contributed by atoms with Gasteiger partial charge in [-0.15, -0.1) is 0 Å². The Balaban J connectivity index is 1.84. The van der Waals surface area contributed by atoms with E-state index >= 15 is 0 Å². The average Bonchev–Trinajstić information content (AvgIpc) is 3.05. The van der Waals surface area contributed by atoms with Gasteiger partial charge in [-0.3, -0.25) is 4.79 Å². The fraction of sp³-hybridized carbons (Fsp3) is 0.417. The van der Waals surface area contributed by atoms with Crippen molar-refractivity contribution < 1.29 is 9.18 Å². The number of carbonyl (C=O) groups excluding carboxylic acids is 1. The third kappa shape index (κ3) is 3.75. The van der Waals surface area contributed by atoms with Crippen LogP contribution >= 0.6 is 23.2 Å². The highest BCUT2D eigenvalue weighted by Gasteiger charge is 2.22. The van der Waals surface area contributed by atoms with Crippen LogP contribution in [0.25, 0.3) is 0 Å². The lowest BCUT2D eigenvalue weighted by molar-refractivity contribution is -0.120. The predicted octanol–water partition coefficient (Wildman–Crippen LogP) is 3.21. The molecule has 1 aliphatic rings. The first kappa shape index (κ1) is 13.4. The lowest BCUT2D eigenvalue weighted by Crippen LogP contribution is -2.27. The molecule has 6 heteroatoms. The summed E-state index contributed by atoms with van der Waals surface area (Å²) in [6.07, 6.45) is 2.46. The van der Waals surface area contributed by atoms with Gasteiger partial charge >= 0.3 is 0 Å². The van der Waals surface area contributed by atoms with Crippen molar-refractivity contribution in [3.05, 3.63) is 28.0 Å². The van der Waals surface area contributed by atoms with Crippen LogP contribution in [-0.4, -0.2) is 18.5 Å². The molecule has 0 bridgehead atoms. The molecule has 0 radical (unpaired) electrons. The summed E-state index contributed by atoms with van der Waals surface area (Å²) < 4.78 is 12.9. The summed E-state index contributed by atoms with van der Waals surface area (Å²) in [4.78, 5) is 11.4. The number of hydrogen-bond donors (Lipinski definition) is 2. The van der Waals surface area contributed by atoms with Gasteiger partial charge in [0.05, 0.1) is 15.7 Å². The molecule has 2 N–H and O–H groups in total. The molecular weight excluding hydrogens is 278 g/mol. The van der Waals surface area contributed by atoms with Gasteiger partial charge in [-0.05, 0) is 25.0 Å². The van der Waals surface area contributed by atoms with Crippen molar-refractivity contribution in [3.8, 4) is 0 Å². The number of amides is 1. The van der Waals surface area contributed by atoms with E-state index in [0.29, 0.717) is 24.7 Å². The molecule has 0 atom stereocenters. The van der Waals surface area contributed by atoms with Gasteiger partial charge in [0.25, 0.3) is 0 Å². The first-order valence-corrected chi connectivity index (χ1v) is 6.49. The molecule has 1 aliphatic carbocycles. The molecule has 0 spiro atoms. The van der Waals surface area contributed by atoms with Crippen molar-refractivity contribution in [1.29, 1.82) is 0 Å². The van der Waals surface area contributed by atoms with Crippen LogP contribution in [0.3, 0.4) is 0 Å². The van der Waals surface area contributed by atoms with Gasteiger partial charge in [-0.2, -0.15) is 0 Å². The predicted molar refractivity (Wildman–Crippen MR) is 70.7 cm³/mol. The molecule has 1 aromatic rings. The van der Waals surface area contributed by atoms with Crippen molar-refractivity contribution in [2.75, 3.05) is 11.9 Å². The quantitative estimate of drug-likeness (QED) is 0.874. The summed E-state index contributed by atoms with van der Waals surface area (Å²) in [6, 6.07) is 2.72. The van der Waals surface area contributed by atoms with Crippen LogP contribution in [0, 0.1) is 5.82 Å². The van der Waals surface area contributed by atoms with Gasteiger partial charge in [-0.25, -0.2) is 4.39 Å². The van der Waals surface area contributed by atoms with Crippen molar-refractivity contribution in [2.45, 2.75) is 25.3 Å². The molecule has 0 heterocycles. The molecule has 0 aromatic heterocycles. The minimum Gasteiger partial charge on any atom is -0.382 e. The summed E-state index contributed by atoms with van der Waals surface area (Å²) >= 11 is 11.7. The molecule has 1 aromatic carbocycles. The zero-order valence-corrected chi connectivity index (χ0v) is 11.1. The summed E-state index contributed by atoms with van der Waals surface area (Å²) in [5.74, 6) is -0.485. The Bertz CT molecular complexity index is 440. The Morgan fingerprint density at radius 1 is 1.33 bits per heavy atom. The van der Waals surface area contributed by atoms with E-state index in [1.165, 1.54) is 12.1 Å². The monoisotopic (exact) mass is 290 g/mol. The minimum absolute atomic E-state index is 0.000596. The lowest BCUT2D eigenvalue weighted by atomic mass is 10.3. The highest BCUT2D eigenvalue weighted by molar-refractivity contribution is 6.39. The Kier molecular flexibility index (Phi) is 4.30. The third-order valence-corrected chi connectivity index (χ3v) is 3.20. The van der Waals surface area contributed by atoms with Crippen LogP contribution in [0.1, 0.15) is 19.3 Å². The topological polar surface area (TPSA) is 41.1 Å². The molecule has 0 saturated heterocycles. The van der Waals surface area contributed by atoms with Crippen LogP contribution in [0.15, 0.2) is 12.1 Å². The van der Waals surface area contributed by atoms with Crippen LogP contribution in [0.5, 0.6) is 0 Å². The van der Waals surface area contributed by atoms with E-state index in [2.05, 4.69) is 10.6 Å². The van der Waals surface area contributed by atoms with E-state index in [9.17, 15) is 9.18 Å². The zero-order valence-electron chi connectivity index (χ0n) is 9.60. The van der Waals surface area contributed by atoms with Gasteiger partial charge in [0.1, 0.15) is 5.82 Å². The van der Waals surface area contributed by atoms with Crippen molar-refractivity contribution in [1.82, 2.24) is 5.32 Å². The highest BCUT2D eigenvalue weighted by atomic mass is 35.5. The van der Waals surface area contributed by atoms with Crippen LogP contribution in [0.4, 0.5) is 10.1 Å². The molecule has 2 rings (SSSR count). The number of benzene rings is 1. The molecule has 1 saturated carbocycles. The second-order valence-electron chi connectivity index (χ2n) is 4.26. The number of carbonyl (C=O) groups is 1. The largest absolute Gasteiger partial charge is 0.382 e. The minimum atomic E-state index is -0.484. The first-order chi connectivity index (χ1) is 8.56. The molecule has 18 heavy (non-hydrogen) atoms. The van der Waals surface area contributed by atoms with E-state index in [-0.39, 0.29) is 16.0 Å². The molecule has 0 aliphatic heterocycles. The van der Waals surface area contributed by atoms with Crippen molar-refractivity contribution in [2.24, 2.45) is 0 Å². The Labute approximate surface area is 115 Å². The molecule has 1 amide bonds. The number of halogens is 3. The van der Waals surface area contributed by atoms with Crippen molar-refractivity contribution >= 4 is 34.8 Å². The maximum Gasteiger partial charge on any atom is 0.221 e. The lowest BCUT2D eigenvalue weighted by Gasteiger charge is -2.10. The number of hydrogen-bond acceptors (Lipinski definition) is 2. The van der Waals surface area contributed by atoms with E-state index in [0.717, 1.165) is 12.8 Å². The van der Waals surface area contributed by atoms with Gasteiger partial charge in [0.2, 0.25) is 5.91 Å². The van der Waals surface area contributed by atoms with E-state index < -0.39 is 5.82 Å². The SMILES string of the molecule is O=C(CCNc1c(Cl)cc(F)cc1Cl)NC1CC1. The average molecular weight is 291 g/mol. The molecule has 0 unspecified atom stereocenters. The van der Waals surface area contributed by atoms with Crippen LogP contribution in [-0.2, 0) is 4.79 Å².